The van der Waals surface area contributed by atoms with Gasteiger partial charge in [-0.3, -0.25) is 4.79 Å². The Morgan fingerprint density at radius 1 is 1.07 bits per heavy atom. The van der Waals surface area contributed by atoms with E-state index in [-0.39, 0.29) is 5.91 Å². The first-order valence-corrected chi connectivity index (χ1v) is 9.98. The van der Waals surface area contributed by atoms with Crippen LogP contribution < -0.4 is 5.32 Å². The van der Waals surface area contributed by atoms with Crippen molar-refractivity contribution in [3.8, 4) is 11.3 Å². The number of halogens is 1. The van der Waals surface area contributed by atoms with Crippen LogP contribution in [0.2, 0.25) is 5.02 Å². The Labute approximate surface area is 175 Å². The normalized spacial score (nSPS) is 11.0. The highest BCUT2D eigenvalue weighted by molar-refractivity contribution is 6.30. The minimum Gasteiger partial charge on any atom is -0.326 e. The minimum atomic E-state index is -0.00936. The molecule has 0 aliphatic rings. The van der Waals surface area contributed by atoms with Crippen LogP contribution in [-0.2, 0) is 11.2 Å². The van der Waals surface area contributed by atoms with Gasteiger partial charge in [-0.1, -0.05) is 47.5 Å². The number of anilines is 1. The molecule has 1 amide bonds. The van der Waals surface area contributed by atoms with Crippen molar-refractivity contribution in [3.63, 3.8) is 0 Å². The number of nitrogens with zero attached hydrogens (tertiary/aromatic N) is 2. The average Bonchev–Trinajstić information content (AvgIpc) is 3.08. The van der Waals surface area contributed by atoms with Gasteiger partial charge in [0, 0.05) is 28.9 Å². The SMILES string of the molecule is Cc1ccc(NC(=O)CCc2c(-c3ccc(Cl)cc3)nc3ccccn23)c(C)c1. The summed E-state index contributed by atoms with van der Waals surface area (Å²) in [7, 11) is 0. The Hall–Kier alpha value is -3.11. The maximum absolute atomic E-state index is 12.6. The molecular weight excluding hydrogens is 382 g/mol. The van der Waals surface area contributed by atoms with Gasteiger partial charge < -0.3 is 9.72 Å². The molecule has 0 radical (unpaired) electrons. The summed E-state index contributed by atoms with van der Waals surface area (Å²) in [6.07, 6.45) is 2.94. The predicted octanol–water partition coefficient (Wildman–Crippen LogP) is 5.84. The van der Waals surface area contributed by atoms with Crippen LogP contribution in [0, 0.1) is 13.8 Å². The number of rotatable bonds is 5. The molecular formula is C24H22ClN3O. The zero-order chi connectivity index (χ0) is 20.4. The number of amides is 1. The van der Waals surface area contributed by atoms with E-state index in [1.54, 1.807) is 0 Å². The lowest BCUT2D eigenvalue weighted by Gasteiger charge is -2.10. The molecule has 146 valence electrons. The summed E-state index contributed by atoms with van der Waals surface area (Å²) in [5.74, 6) is -0.00936. The van der Waals surface area contributed by atoms with Crippen molar-refractivity contribution in [2.45, 2.75) is 26.7 Å². The standard InChI is InChI=1S/C24H22ClN3O/c1-16-6-11-20(17(2)15-16)26-23(29)13-12-21-24(18-7-9-19(25)10-8-18)27-22-5-3-4-14-28(21)22/h3-11,14-15H,12-13H2,1-2H3,(H,26,29). The third-order valence-corrected chi connectivity index (χ3v) is 5.24. The van der Waals surface area contributed by atoms with Crippen LogP contribution in [0.15, 0.2) is 66.9 Å². The fourth-order valence-electron chi connectivity index (χ4n) is 3.52. The number of carbonyl (C=O) groups is 1. The number of aromatic nitrogens is 2. The second-order valence-electron chi connectivity index (χ2n) is 7.21. The lowest BCUT2D eigenvalue weighted by atomic mass is 10.1. The van der Waals surface area contributed by atoms with Crippen LogP contribution in [0.1, 0.15) is 23.2 Å². The first-order chi connectivity index (χ1) is 14.0. The van der Waals surface area contributed by atoms with E-state index >= 15 is 0 Å². The largest absolute Gasteiger partial charge is 0.326 e. The Morgan fingerprint density at radius 2 is 1.86 bits per heavy atom. The summed E-state index contributed by atoms with van der Waals surface area (Å²) in [6, 6.07) is 19.6. The van der Waals surface area contributed by atoms with Gasteiger partial charge in [0.05, 0.1) is 11.4 Å². The summed E-state index contributed by atoms with van der Waals surface area (Å²) in [5, 5.41) is 3.72. The molecule has 0 aliphatic carbocycles. The zero-order valence-electron chi connectivity index (χ0n) is 16.4. The fourth-order valence-corrected chi connectivity index (χ4v) is 3.65. The highest BCUT2D eigenvalue weighted by Gasteiger charge is 2.15. The number of hydrogen-bond acceptors (Lipinski definition) is 2. The molecule has 2 aromatic heterocycles. The predicted molar refractivity (Wildman–Crippen MR) is 119 cm³/mol. The first-order valence-electron chi connectivity index (χ1n) is 9.60. The van der Waals surface area contributed by atoms with E-state index in [9.17, 15) is 4.79 Å². The third kappa shape index (κ3) is 4.17. The van der Waals surface area contributed by atoms with E-state index in [4.69, 9.17) is 16.6 Å². The molecule has 5 heteroatoms. The first kappa shape index (κ1) is 19.2. The zero-order valence-corrected chi connectivity index (χ0v) is 17.2. The molecule has 2 heterocycles. The Morgan fingerprint density at radius 3 is 2.62 bits per heavy atom. The Bertz CT molecular complexity index is 1180. The van der Waals surface area contributed by atoms with Crippen molar-refractivity contribution in [2.24, 2.45) is 0 Å². The minimum absolute atomic E-state index is 0.00936. The highest BCUT2D eigenvalue weighted by atomic mass is 35.5. The quantitative estimate of drug-likeness (QED) is 0.454. The van der Waals surface area contributed by atoms with Crippen LogP contribution in [0.4, 0.5) is 5.69 Å². The van der Waals surface area contributed by atoms with Crippen molar-refractivity contribution in [3.05, 3.63) is 88.7 Å². The molecule has 1 N–H and O–H groups in total. The van der Waals surface area contributed by atoms with Crippen molar-refractivity contribution in [1.29, 1.82) is 0 Å². The summed E-state index contributed by atoms with van der Waals surface area (Å²) in [4.78, 5) is 17.4. The molecule has 0 saturated heterocycles. The molecule has 4 nitrogen and oxygen atoms in total. The van der Waals surface area contributed by atoms with Crippen molar-refractivity contribution in [1.82, 2.24) is 9.38 Å². The van der Waals surface area contributed by atoms with Gasteiger partial charge in [0.1, 0.15) is 5.65 Å². The van der Waals surface area contributed by atoms with Crippen LogP contribution in [0.25, 0.3) is 16.9 Å². The van der Waals surface area contributed by atoms with E-state index in [0.29, 0.717) is 17.9 Å². The molecule has 0 unspecified atom stereocenters. The number of fused-ring (bicyclic) bond motifs is 1. The number of benzene rings is 2. The van der Waals surface area contributed by atoms with E-state index in [1.807, 2.05) is 79.0 Å². The van der Waals surface area contributed by atoms with Gasteiger partial charge in [-0.15, -0.1) is 0 Å². The lowest BCUT2D eigenvalue weighted by molar-refractivity contribution is -0.116. The average molecular weight is 404 g/mol. The number of nitrogens with one attached hydrogen (secondary N) is 1. The second kappa shape index (κ2) is 8.10. The Kier molecular flexibility index (Phi) is 5.36. The summed E-state index contributed by atoms with van der Waals surface area (Å²) in [6.45, 7) is 4.05. The molecule has 0 atom stereocenters. The van der Waals surface area contributed by atoms with E-state index in [0.717, 1.165) is 33.8 Å². The summed E-state index contributed by atoms with van der Waals surface area (Å²) in [5.41, 5.74) is 6.85. The van der Waals surface area contributed by atoms with Gasteiger partial charge >= 0.3 is 0 Å². The number of aryl methyl sites for hydroxylation is 3. The van der Waals surface area contributed by atoms with Gasteiger partial charge in [0.2, 0.25) is 5.91 Å². The molecule has 4 aromatic rings. The third-order valence-electron chi connectivity index (χ3n) is 4.99. The summed E-state index contributed by atoms with van der Waals surface area (Å²) >= 11 is 6.04. The highest BCUT2D eigenvalue weighted by Crippen LogP contribution is 2.27. The molecule has 0 aliphatic heterocycles. The smallest absolute Gasteiger partial charge is 0.224 e. The molecule has 0 bridgehead atoms. The maximum atomic E-state index is 12.6. The van der Waals surface area contributed by atoms with Gasteiger partial charge in [0.25, 0.3) is 0 Å². The van der Waals surface area contributed by atoms with Crippen molar-refractivity contribution < 1.29 is 4.79 Å². The number of hydrogen-bond donors (Lipinski definition) is 1. The van der Waals surface area contributed by atoms with Gasteiger partial charge in [-0.25, -0.2) is 4.98 Å². The van der Waals surface area contributed by atoms with E-state index in [1.165, 1.54) is 5.56 Å². The van der Waals surface area contributed by atoms with Crippen LogP contribution in [0.5, 0.6) is 0 Å². The molecule has 0 spiro atoms. The summed E-state index contributed by atoms with van der Waals surface area (Å²) < 4.78 is 2.05. The Balaban J connectivity index is 1.59. The van der Waals surface area contributed by atoms with E-state index < -0.39 is 0 Å². The molecule has 0 saturated carbocycles. The topological polar surface area (TPSA) is 46.4 Å². The van der Waals surface area contributed by atoms with E-state index in [2.05, 4.69) is 11.4 Å². The van der Waals surface area contributed by atoms with Crippen LogP contribution >= 0.6 is 11.6 Å². The van der Waals surface area contributed by atoms with Crippen LogP contribution in [0.3, 0.4) is 0 Å². The van der Waals surface area contributed by atoms with Crippen molar-refractivity contribution >= 4 is 28.8 Å². The lowest BCUT2D eigenvalue weighted by Crippen LogP contribution is -2.14. The molecule has 29 heavy (non-hydrogen) atoms. The number of carbonyl (C=O) groups excluding carboxylic acids is 1. The van der Waals surface area contributed by atoms with Crippen molar-refractivity contribution in [2.75, 3.05) is 5.32 Å². The van der Waals surface area contributed by atoms with Crippen LogP contribution in [-0.4, -0.2) is 15.3 Å². The second-order valence-corrected chi connectivity index (χ2v) is 7.65. The fraction of sp³-hybridized carbons (Fsp3) is 0.167. The molecule has 0 fully saturated rings. The number of imidazole rings is 1. The van der Waals surface area contributed by atoms with Gasteiger partial charge in [-0.2, -0.15) is 0 Å². The maximum Gasteiger partial charge on any atom is 0.224 e. The monoisotopic (exact) mass is 403 g/mol. The van der Waals surface area contributed by atoms with Gasteiger partial charge in [-0.05, 0) is 56.2 Å². The molecule has 4 rings (SSSR count). The van der Waals surface area contributed by atoms with Gasteiger partial charge in [0.15, 0.2) is 0 Å². The number of pyridine rings is 1. The molecule has 2 aromatic carbocycles.